The average Bonchev–Trinajstić information content (AvgIpc) is 2.20. The fraction of sp³-hybridized carbons (Fsp3) is 0.455. The molecular formula is C11H15LiN2. The molecule has 2 rings (SSSR count). The van der Waals surface area contributed by atoms with E-state index in [2.05, 4.69) is 35.0 Å². The van der Waals surface area contributed by atoms with Crippen LogP contribution in [0.25, 0.3) is 0 Å². The van der Waals surface area contributed by atoms with Gasteiger partial charge in [0.25, 0.3) is 0 Å². The number of piperazine rings is 1. The molecule has 1 heterocycles. The summed E-state index contributed by atoms with van der Waals surface area (Å²) < 4.78 is 0. The Labute approximate surface area is 98.1 Å². The number of rotatable bonds is 1. The molecule has 0 N–H and O–H groups in total. The third kappa shape index (κ3) is 2.78. The molecule has 14 heavy (non-hydrogen) atoms. The molecule has 1 aliphatic rings. The van der Waals surface area contributed by atoms with Gasteiger partial charge in [0.05, 0.1) is 0 Å². The topological polar surface area (TPSA) is 6.48 Å². The Morgan fingerprint density at radius 1 is 1.07 bits per heavy atom. The number of likely N-dealkylation sites (N-methyl/N-ethyl adjacent to an activating group) is 1. The molecule has 0 unspecified atom stereocenters. The van der Waals surface area contributed by atoms with Crippen LogP contribution in [0.3, 0.4) is 0 Å². The molecule has 1 aromatic rings. The first-order chi connectivity index (χ1) is 6.36. The van der Waals surface area contributed by atoms with Gasteiger partial charge in [-0.15, -0.1) is 12.1 Å². The van der Waals surface area contributed by atoms with Gasteiger partial charge in [0.2, 0.25) is 0 Å². The second kappa shape index (κ2) is 5.46. The van der Waals surface area contributed by atoms with Crippen molar-refractivity contribution in [1.82, 2.24) is 4.90 Å². The maximum absolute atomic E-state index is 3.04. The molecule has 0 radical (unpaired) electrons. The summed E-state index contributed by atoms with van der Waals surface area (Å²) in [5, 5.41) is 0. The van der Waals surface area contributed by atoms with Gasteiger partial charge in [-0.1, -0.05) is 5.69 Å². The zero-order valence-corrected chi connectivity index (χ0v) is 9.03. The summed E-state index contributed by atoms with van der Waals surface area (Å²) in [7, 11) is 2.18. The van der Waals surface area contributed by atoms with Gasteiger partial charge in [0.1, 0.15) is 0 Å². The standard InChI is InChI=1S/C11H15N2.Li/c1-12-7-9-13(10-8-12)11-5-3-2-4-6-11;/h3-6H,7-10H2,1H3;/q-1;+1. The molecule has 0 saturated carbocycles. The van der Waals surface area contributed by atoms with Gasteiger partial charge in [0.15, 0.2) is 0 Å². The van der Waals surface area contributed by atoms with E-state index in [0.717, 1.165) is 13.1 Å². The van der Waals surface area contributed by atoms with E-state index in [9.17, 15) is 0 Å². The van der Waals surface area contributed by atoms with Crippen LogP contribution in [0, 0.1) is 6.07 Å². The molecule has 1 aromatic carbocycles. The molecule has 0 spiro atoms. The van der Waals surface area contributed by atoms with E-state index in [0.29, 0.717) is 0 Å². The average molecular weight is 182 g/mol. The van der Waals surface area contributed by atoms with Gasteiger partial charge in [-0.3, -0.25) is 0 Å². The predicted octanol–water partition coefficient (Wildman–Crippen LogP) is -1.76. The van der Waals surface area contributed by atoms with Crippen molar-refractivity contribution in [3.05, 3.63) is 30.3 Å². The van der Waals surface area contributed by atoms with Crippen molar-refractivity contribution in [2.75, 3.05) is 38.1 Å². The van der Waals surface area contributed by atoms with Crippen molar-refractivity contribution in [2.45, 2.75) is 0 Å². The molecule has 0 bridgehead atoms. The van der Waals surface area contributed by atoms with Crippen LogP contribution in [-0.2, 0) is 0 Å². The van der Waals surface area contributed by atoms with Gasteiger partial charge in [-0.05, 0) is 7.05 Å². The zero-order chi connectivity index (χ0) is 9.10. The quantitative estimate of drug-likeness (QED) is 0.375. The van der Waals surface area contributed by atoms with Crippen molar-refractivity contribution in [2.24, 2.45) is 0 Å². The van der Waals surface area contributed by atoms with Gasteiger partial charge in [0, 0.05) is 26.2 Å². The Morgan fingerprint density at radius 3 is 2.21 bits per heavy atom. The minimum absolute atomic E-state index is 0. The van der Waals surface area contributed by atoms with E-state index in [1.54, 1.807) is 0 Å². The van der Waals surface area contributed by atoms with Gasteiger partial charge in [-0.2, -0.15) is 18.2 Å². The largest absolute Gasteiger partial charge is 1.00 e. The Bertz CT molecular complexity index is 255. The second-order valence-corrected chi connectivity index (χ2v) is 3.55. The second-order valence-electron chi connectivity index (χ2n) is 3.55. The van der Waals surface area contributed by atoms with E-state index in [-0.39, 0.29) is 18.9 Å². The summed E-state index contributed by atoms with van der Waals surface area (Å²) in [4.78, 5) is 4.79. The van der Waals surface area contributed by atoms with Crippen molar-refractivity contribution in [3.63, 3.8) is 0 Å². The maximum atomic E-state index is 3.04. The molecule has 1 aliphatic heterocycles. The van der Waals surface area contributed by atoms with Crippen LogP contribution >= 0.6 is 0 Å². The summed E-state index contributed by atoms with van der Waals surface area (Å²) >= 11 is 0. The normalized spacial score (nSPS) is 17.6. The monoisotopic (exact) mass is 182 g/mol. The Balaban J connectivity index is 0.000000980. The van der Waals surface area contributed by atoms with E-state index < -0.39 is 0 Å². The molecular weight excluding hydrogens is 167 g/mol. The molecule has 0 amide bonds. The summed E-state index contributed by atoms with van der Waals surface area (Å²) in [6, 6.07) is 11.3. The van der Waals surface area contributed by atoms with E-state index >= 15 is 0 Å². The molecule has 1 fully saturated rings. The fourth-order valence-electron chi connectivity index (χ4n) is 1.65. The first-order valence-corrected chi connectivity index (χ1v) is 4.76. The molecule has 70 valence electrons. The van der Waals surface area contributed by atoms with Crippen LogP contribution < -0.4 is 23.8 Å². The summed E-state index contributed by atoms with van der Waals surface area (Å²) in [6.45, 7) is 4.61. The maximum Gasteiger partial charge on any atom is 1.00 e. The van der Waals surface area contributed by atoms with Gasteiger partial charge in [-0.25, -0.2) is 0 Å². The van der Waals surface area contributed by atoms with Crippen molar-refractivity contribution < 1.29 is 18.9 Å². The summed E-state index contributed by atoms with van der Waals surface area (Å²) in [5.41, 5.74) is 1.33. The number of hydrogen-bond acceptors (Lipinski definition) is 2. The van der Waals surface area contributed by atoms with Crippen LogP contribution in [0.5, 0.6) is 0 Å². The van der Waals surface area contributed by atoms with E-state index in [1.807, 2.05) is 12.1 Å². The molecule has 0 aromatic heterocycles. The first kappa shape index (κ1) is 11.7. The zero-order valence-electron chi connectivity index (χ0n) is 9.03. The Kier molecular flexibility index (Phi) is 4.54. The Morgan fingerprint density at radius 2 is 1.64 bits per heavy atom. The predicted molar refractivity (Wildman–Crippen MR) is 55.0 cm³/mol. The van der Waals surface area contributed by atoms with Crippen LogP contribution in [0.2, 0.25) is 0 Å². The third-order valence-corrected chi connectivity index (χ3v) is 2.57. The SMILES string of the molecule is CN1CCN(c2cc[c-]cc2)CC1.[Li+]. The van der Waals surface area contributed by atoms with Gasteiger partial charge >= 0.3 is 18.9 Å². The first-order valence-electron chi connectivity index (χ1n) is 4.76. The van der Waals surface area contributed by atoms with Crippen molar-refractivity contribution in [3.8, 4) is 0 Å². The van der Waals surface area contributed by atoms with Crippen molar-refractivity contribution in [1.29, 1.82) is 0 Å². The molecule has 2 nitrogen and oxygen atoms in total. The van der Waals surface area contributed by atoms with Crippen LogP contribution in [0.4, 0.5) is 5.69 Å². The van der Waals surface area contributed by atoms with Crippen LogP contribution in [-0.4, -0.2) is 38.1 Å². The van der Waals surface area contributed by atoms with Crippen molar-refractivity contribution >= 4 is 5.69 Å². The minimum Gasteiger partial charge on any atom is -0.391 e. The van der Waals surface area contributed by atoms with E-state index in [1.165, 1.54) is 18.8 Å². The summed E-state index contributed by atoms with van der Waals surface area (Å²) in [5.74, 6) is 0. The van der Waals surface area contributed by atoms with Gasteiger partial charge < -0.3 is 9.80 Å². The molecule has 3 heteroatoms. The van der Waals surface area contributed by atoms with Crippen LogP contribution in [0.15, 0.2) is 24.3 Å². The smallest absolute Gasteiger partial charge is 0.391 e. The number of benzene rings is 1. The van der Waals surface area contributed by atoms with Crippen LogP contribution in [0.1, 0.15) is 0 Å². The number of hydrogen-bond donors (Lipinski definition) is 0. The number of nitrogens with zero attached hydrogens (tertiary/aromatic N) is 2. The van der Waals surface area contributed by atoms with E-state index in [4.69, 9.17) is 0 Å². The molecule has 1 saturated heterocycles. The molecule has 0 atom stereocenters. The molecule has 0 aliphatic carbocycles. The third-order valence-electron chi connectivity index (χ3n) is 2.57. The minimum atomic E-state index is 0. The number of anilines is 1. The Hall–Kier alpha value is -0.423. The summed E-state index contributed by atoms with van der Waals surface area (Å²) in [6.07, 6.45) is 0. The fourth-order valence-corrected chi connectivity index (χ4v) is 1.65.